The Labute approximate surface area is 249 Å². The average Bonchev–Trinajstić information content (AvgIpc) is 2.99. The van der Waals surface area contributed by atoms with Crippen molar-refractivity contribution in [2.75, 3.05) is 19.8 Å². The average molecular weight is 601 g/mol. The quantitative estimate of drug-likeness (QED) is 0.177. The number of rotatable bonds is 14. The van der Waals surface area contributed by atoms with E-state index in [0.29, 0.717) is 5.56 Å². The number of ether oxygens (including phenoxy) is 8. The van der Waals surface area contributed by atoms with E-state index >= 15 is 0 Å². The summed E-state index contributed by atoms with van der Waals surface area (Å²) in [6.45, 7) is 7.09. The summed E-state index contributed by atoms with van der Waals surface area (Å²) >= 11 is 0. The molecule has 6 atom stereocenters. The first kappa shape index (κ1) is 33.2. The van der Waals surface area contributed by atoms with E-state index in [1.54, 1.807) is 37.3 Å². The smallest absolute Gasteiger partial charge is 0.464 e. The van der Waals surface area contributed by atoms with Gasteiger partial charge >= 0.3 is 24.1 Å². The fourth-order valence-corrected chi connectivity index (χ4v) is 4.26. The highest BCUT2D eigenvalue weighted by molar-refractivity contribution is 5.76. The third-order valence-electron chi connectivity index (χ3n) is 6.06. The van der Waals surface area contributed by atoms with Crippen LogP contribution >= 0.6 is 0 Å². The highest BCUT2D eigenvalue weighted by Gasteiger charge is 2.53. The van der Waals surface area contributed by atoms with Gasteiger partial charge in [0.15, 0.2) is 18.3 Å². The summed E-state index contributed by atoms with van der Waals surface area (Å²) in [5.74, 6) is -2.11. The van der Waals surface area contributed by atoms with Crippen LogP contribution in [0.2, 0.25) is 0 Å². The van der Waals surface area contributed by atoms with Crippen LogP contribution < -0.4 is 0 Å². The van der Waals surface area contributed by atoms with E-state index in [0.717, 1.165) is 12.5 Å². The fraction of sp³-hybridized carbons (Fsp3) is 0.419. The summed E-state index contributed by atoms with van der Waals surface area (Å²) in [5.41, 5.74) is 1.19. The lowest BCUT2D eigenvalue weighted by Crippen LogP contribution is -2.63. The van der Waals surface area contributed by atoms with E-state index in [-0.39, 0.29) is 26.4 Å². The maximum atomic E-state index is 13.1. The normalized spacial score (nSPS) is 22.0. The zero-order chi connectivity index (χ0) is 31.2. The van der Waals surface area contributed by atoms with Gasteiger partial charge in [-0.1, -0.05) is 73.3 Å². The molecule has 0 radical (unpaired) electrons. The van der Waals surface area contributed by atoms with Gasteiger partial charge in [-0.2, -0.15) is 0 Å². The van der Waals surface area contributed by atoms with E-state index in [1.807, 2.05) is 30.3 Å². The van der Waals surface area contributed by atoms with Gasteiger partial charge in [0.05, 0.1) is 13.2 Å². The van der Waals surface area contributed by atoms with Crippen LogP contribution in [0, 0.1) is 0 Å². The van der Waals surface area contributed by atoms with Crippen LogP contribution in [0.15, 0.2) is 73.3 Å². The van der Waals surface area contributed by atoms with Crippen LogP contribution in [0.1, 0.15) is 38.0 Å². The molecule has 0 aliphatic carbocycles. The minimum atomic E-state index is -1.53. The van der Waals surface area contributed by atoms with Crippen LogP contribution in [0.25, 0.3) is 0 Å². The second kappa shape index (κ2) is 17.0. The monoisotopic (exact) mass is 600 g/mol. The van der Waals surface area contributed by atoms with Gasteiger partial charge in [-0.25, -0.2) is 9.59 Å². The standard InChI is InChI=1S/C31H36O12/c1-5-17-37-31(35)43-27-26(39-18-22-13-9-7-10-14-22)24(19-38-20(3)32)41-30(40-21(4)33)28(27)42-25(29(34)36-6-2)23-15-11-8-12-16-23/h5,7-16,24-28,30H,1,6,17-19H2,2-4H3/t24-,25+,26-,27+,28-,30?/m1/s1. The predicted octanol–water partition coefficient (Wildman–Crippen LogP) is 3.82. The van der Waals surface area contributed by atoms with Crippen molar-refractivity contribution >= 4 is 24.1 Å². The molecule has 12 nitrogen and oxygen atoms in total. The molecule has 0 amide bonds. The van der Waals surface area contributed by atoms with Gasteiger partial charge in [-0.15, -0.1) is 0 Å². The molecular weight excluding hydrogens is 564 g/mol. The van der Waals surface area contributed by atoms with E-state index in [9.17, 15) is 19.2 Å². The first-order valence-corrected chi connectivity index (χ1v) is 13.7. The highest BCUT2D eigenvalue weighted by atomic mass is 16.8. The van der Waals surface area contributed by atoms with E-state index in [4.69, 9.17) is 37.9 Å². The Bertz CT molecular complexity index is 1200. The minimum Gasteiger partial charge on any atom is -0.464 e. The van der Waals surface area contributed by atoms with Crippen LogP contribution in [-0.4, -0.2) is 74.6 Å². The molecule has 1 saturated heterocycles. The number of hydrogen-bond acceptors (Lipinski definition) is 12. The molecule has 43 heavy (non-hydrogen) atoms. The van der Waals surface area contributed by atoms with Crippen molar-refractivity contribution in [2.45, 2.75) is 64.2 Å². The van der Waals surface area contributed by atoms with Crippen LogP contribution in [0.4, 0.5) is 4.79 Å². The summed E-state index contributed by atoms with van der Waals surface area (Å²) in [6.07, 6.45) is -7.76. The molecule has 232 valence electrons. The van der Waals surface area contributed by atoms with Gasteiger partial charge in [0.25, 0.3) is 0 Å². The lowest BCUT2D eigenvalue weighted by atomic mass is 9.97. The summed E-state index contributed by atoms with van der Waals surface area (Å²) in [4.78, 5) is 49.8. The summed E-state index contributed by atoms with van der Waals surface area (Å²) in [6, 6.07) is 17.6. The van der Waals surface area contributed by atoms with Crippen molar-refractivity contribution in [2.24, 2.45) is 0 Å². The Balaban J connectivity index is 2.08. The number of carbonyl (C=O) groups excluding carboxylic acids is 4. The molecular formula is C31H36O12. The van der Waals surface area contributed by atoms with Crippen molar-refractivity contribution in [1.82, 2.24) is 0 Å². The largest absolute Gasteiger partial charge is 0.509 e. The number of benzene rings is 2. The molecule has 1 aliphatic heterocycles. The highest BCUT2D eigenvalue weighted by Crippen LogP contribution is 2.34. The summed E-state index contributed by atoms with van der Waals surface area (Å²) in [7, 11) is 0. The Morgan fingerprint density at radius 3 is 2.14 bits per heavy atom. The zero-order valence-corrected chi connectivity index (χ0v) is 24.2. The van der Waals surface area contributed by atoms with Gasteiger partial charge < -0.3 is 37.9 Å². The molecule has 0 N–H and O–H groups in total. The first-order chi connectivity index (χ1) is 20.7. The Hall–Kier alpha value is -4.26. The van der Waals surface area contributed by atoms with Gasteiger partial charge in [0.2, 0.25) is 6.29 Å². The molecule has 0 aromatic heterocycles. The maximum absolute atomic E-state index is 13.1. The third-order valence-corrected chi connectivity index (χ3v) is 6.06. The van der Waals surface area contributed by atoms with E-state index in [2.05, 4.69) is 6.58 Å². The molecule has 12 heteroatoms. The van der Waals surface area contributed by atoms with Crippen LogP contribution in [0.3, 0.4) is 0 Å². The van der Waals surface area contributed by atoms with Gasteiger partial charge in [0.1, 0.15) is 25.4 Å². The number of esters is 3. The SMILES string of the molecule is C=CCOC(=O)O[C@H]1[C@H](OCc2ccccc2)[C@@H](COC(C)=O)OC(OC(C)=O)[C@@H]1O[C@H](C(=O)OCC)c1ccccc1. The Kier molecular flexibility index (Phi) is 13.1. The van der Waals surface area contributed by atoms with Gasteiger partial charge in [0, 0.05) is 13.8 Å². The molecule has 3 rings (SSSR count). The second-order valence-electron chi connectivity index (χ2n) is 9.29. The van der Waals surface area contributed by atoms with Gasteiger partial charge in [-0.05, 0) is 18.1 Å². The van der Waals surface area contributed by atoms with Gasteiger partial charge in [-0.3, -0.25) is 9.59 Å². The van der Waals surface area contributed by atoms with Crippen molar-refractivity contribution in [3.05, 3.63) is 84.4 Å². The zero-order valence-electron chi connectivity index (χ0n) is 24.2. The topological polar surface area (TPSA) is 142 Å². The van der Waals surface area contributed by atoms with Crippen molar-refractivity contribution in [3.63, 3.8) is 0 Å². The van der Waals surface area contributed by atoms with Crippen LogP contribution in [0.5, 0.6) is 0 Å². The molecule has 0 spiro atoms. The molecule has 0 bridgehead atoms. The predicted molar refractivity (Wildman–Crippen MR) is 149 cm³/mol. The van der Waals surface area contributed by atoms with E-state index in [1.165, 1.54) is 13.0 Å². The van der Waals surface area contributed by atoms with E-state index < -0.39 is 60.9 Å². The second-order valence-corrected chi connectivity index (χ2v) is 9.29. The Morgan fingerprint density at radius 2 is 1.53 bits per heavy atom. The lowest BCUT2D eigenvalue weighted by Gasteiger charge is -2.45. The molecule has 1 unspecified atom stereocenters. The van der Waals surface area contributed by atoms with Crippen molar-refractivity contribution in [3.8, 4) is 0 Å². The number of carbonyl (C=O) groups is 4. The van der Waals surface area contributed by atoms with Crippen molar-refractivity contribution in [1.29, 1.82) is 0 Å². The molecule has 1 aliphatic rings. The molecule has 1 fully saturated rings. The van der Waals surface area contributed by atoms with Crippen molar-refractivity contribution < 1.29 is 57.1 Å². The fourth-order valence-electron chi connectivity index (χ4n) is 4.26. The molecule has 0 saturated carbocycles. The number of hydrogen-bond donors (Lipinski definition) is 0. The van der Waals surface area contributed by atoms with Crippen LogP contribution in [-0.2, 0) is 58.9 Å². The lowest BCUT2D eigenvalue weighted by molar-refractivity contribution is -0.315. The molecule has 2 aromatic carbocycles. The Morgan fingerprint density at radius 1 is 0.860 bits per heavy atom. The molecule has 1 heterocycles. The molecule has 2 aromatic rings. The third kappa shape index (κ3) is 10.2. The maximum Gasteiger partial charge on any atom is 0.509 e. The summed E-state index contributed by atoms with van der Waals surface area (Å²) < 4.78 is 45.2. The summed E-state index contributed by atoms with van der Waals surface area (Å²) in [5, 5.41) is 0. The first-order valence-electron chi connectivity index (χ1n) is 13.7. The minimum absolute atomic E-state index is 0.0257.